The number of hydrogen-bond donors (Lipinski definition) is 0. The van der Waals surface area contributed by atoms with Gasteiger partial charge in [0, 0.05) is 23.2 Å². The number of furan rings is 1. The van der Waals surface area contributed by atoms with E-state index in [0.717, 1.165) is 51.7 Å². The molecule has 4 heterocycles. The first kappa shape index (κ1) is 19.7. The lowest BCUT2D eigenvalue weighted by atomic mass is 10.2. The molecular weight excluding hydrogens is 488 g/mol. The molecule has 0 amide bonds. The summed E-state index contributed by atoms with van der Waals surface area (Å²) in [6, 6.07) is 9.67. The third kappa shape index (κ3) is 3.86. The third-order valence-corrected chi connectivity index (χ3v) is 6.84. The zero-order valence-electron chi connectivity index (χ0n) is 16.0. The number of hydrogen-bond acceptors (Lipinski definition) is 8. The van der Waals surface area contributed by atoms with E-state index < -0.39 is 0 Å². The summed E-state index contributed by atoms with van der Waals surface area (Å²) < 4.78 is 19.3. The first-order chi connectivity index (χ1) is 14.7. The Morgan fingerprint density at radius 2 is 2.07 bits per heavy atom. The quantitative estimate of drug-likeness (QED) is 0.292. The summed E-state index contributed by atoms with van der Waals surface area (Å²) in [7, 11) is 0. The van der Waals surface area contributed by atoms with Gasteiger partial charge in [-0.05, 0) is 52.7 Å². The van der Waals surface area contributed by atoms with Gasteiger partial charge in [0.15, 0.2) is 27.1 Å². The van der Waals surface area contributed by atoms with E-state index in [4.69, 9.17) is 18.9 Å². The summed E-state index contributed by atoms with van der Waals surface area (Å²) in [4.78, 5) is 4.78. The molecule has 0 atom stereocenters. The van der Waals surface area contributed by atoms with Crippen LogP contribution in [0.25, 0.3) is 22.2 Å². The van der Waals surface area contributed by atoms with E-state index in [2.05, 4.69) is 43.0 Å². The molecule has 0 saturated heterocycles. The maximum Gasteiger partial charge on any atom is 0.231 e. The molecule has 7 nitrogen and oxygen atoms in total. The second-order valence-electron chi connectivity index (χ2n) is 6.56. The minimum Gasteiger partial charge on any atom is -0.454 e. The molecule has 5 rings (SSSR count). The van der Waals surface area contributed by atoms with Crippen LogP contribution in [0.15, 0.2) is 50.0 Å². The molecule has 0 fully saturated rings. The number of benzene rings is 1. The van der Waals surface area contributed by atoms with Crippen molar-refractivity contribution in [3.05, 3.63) is 46.1 Å². The van der Waals surface area contributed by atoms with Gasteiger partial charge in [-0.15, -0.1) is 21.5 Å². The number of thioether (sulfide) groups is 1. The standard InChI is InChI=1S/C20H17BrN4O3S2/c1-2-7-25-18(15-5-6-17(21)28-15)23-24-20(25)30-10-13-9-29-19(22-13)12-3-4-14-16(8-12)27-11-26-14/h3-6,8-9H,2,7,10-11H2,1H3. The van der Waals surface area contributed by atoms with Gasteiger partial charge in [-0.1, -0.05) is 18.7 Å². The second kappa shape index (κ2) is 8.44. The van der Waals surface area contributed by atoms with Gasteiger partial charge in [-0.2, -0.15) is 0 Å². The van der Waals surface area contributed by atoms with Crippen molar-refractivity contribution in [1.29, 1.82) is 0 Å². The predicted molar refractivity (Wildman–Crippen MR) is 119 cm³/mol. The molecule has 0 N–H and O–H groups in total. The summed E-state index contributed by atoms with van der Waals surface area (Å²) in [5.41, 5.74) is 2.03. The van der Waals surface area contributed by atoms with E-state index in [0.29, 0.717) is 16.2 Å². The molecule has 30 heavy (non-hydrogen) atoms. The molecule has 0 aliphatic carbocycles. The minimum atomic E-state index is 0.272. The lowest BCUT2D eigenvalue weighted by molar-refractivity contribution is 0.174. The van der Waals surface area contributed by atoms with Crippen molar-refractivity contribution in [2.45, 2.75) is 30.8 Å². The topological polar surface area (TPSA) is 75.2 Å². The van der Waals surface area contributed by atoms with Crippen molar-refractivity contribution in [2.24, 2.45) is 0 Å². The predicted octanol–water partition coefficient (Wildman–Crippen LogP) is 5.86. The molecule has 0 unspecified atom stereocenters. The molecule has 1 aliphatic rings. The fourth-order valence-corrected chi connectivity index (χ4v) is 5.20. The zero-order valence-corrected chi connectivity index (χ0v) is 19.2. The van der Waals surface area contributed by atoms with Crippen molar-refractivity contribution >= 4 is 39.0 Å². The van der Waals surface area contributed by atoms with Crippen molar-refractivity contribution in [3.63, 3.8) is 0 Å². The molecule has 0 saturated carbocycles. The molecule has 1 aliphatic heterocycles. The van der Waals surface area contributed by atoms with E-state index in [9.17, 15) is 0 Å². The number of halogens is 1. The number of ether oxygens (including phenoxy) is 2. The Hall–Kier alpha value is -2.30. The van der Waals surface area contributed by atoms with Gasteiger partial charge in [0.1, 0.15) is 5.01 Å². The highest BCUT2D eigenvalue weighted by molar-refractivity contribution is 9.10. The van der Waals surface area contributed by atoms with Crippen LogP contribution in [0.5, 0.6) is 11.5 Å². The highest BCUT2D eigenvalue weighted by atomic mass is 79.9. The molecule has 4 aromatic rings. The van der Waals surface area contributed by atoms with Crippen molar-refractivity contribution < 1.29 is 13.9 Å². The Morgan fingerprint density at radius 1 is 1.17 bits per heavy atom. The molecule has 3 aromatic heterocycles. The molecular formula is C20H17BrN4O3S2. The average molecular weight is 505 g/mol. The maximum absolute atomic E-state index is 5.67. The number of rotatable bonds is 7. The van der Waals surface area contributed by atoms with Crippen LogP contribution in [0.1, 0.15) is 19.0 Å². The average Bonchev–Trinajstić information content (AvgIpc) is 3.53. The maximum atomic E-state index is 5.67. The highest BCUT2D eigenvalue weighted by Crippen LogP contribution is 2.37. The second-order valence-corrected chi connectivity index (χ2v) is 9.14. The summed E-state index contributed by atoms with van der Waals surface area (Å²) >= 11 is 6.59. The van der Waals surface area contributed by atoms with Crippen molar-refractivity contribution in [2.75, 3.05) is 6.79 Å². The van der Waals surface area contributed by atoms with E-state index in [1.54, 1.807) is 23.1 Å². The van der Waals surface area contributed by atoms with Crippen LogP contribution >= 0.6 is 39.0 Å². The number of fused-ring (bicyclic) bond motifs is 1. The first-order valence-electron chi connectivity index (χ1n) is 9.37. The van der Waals surface area contributed by atoms with Gasteiger partial charge in [0.2, 0.25) is 12.6 Å². The van der Waals surface area contributed by atoms with Crippen LogP contribution in [0.3, 0.4) is 0 Å². The fraction of sp³-hybridized carbons (Fsp3) is 0.250. The monoisotopic (exact) mass is 504 g/mol. The fourth-order valence-electron chi connectivity index (χ4n) is 3.11. The normalized spacial score (nSPS) is 12.6. The molecule has 0 bridgehead atoms. The van der Waals surface area contributed by atoms with Crippen LogP contribution < -0.4 is 9.47 Å². The Labute approximate surface area is 189 Å². The van der Waals surface area contributed by atoms with E-state index in [-0.39, 0.29) is 6.79 Å². The molecule has 0 spiro atoms. The Kier molecular flexibility index (Phi) is 5.53. The van der Waals surface area contributed by atoms with Gasteiger partial charge in [-0.3, -0.25) is 4.57 Å². The van der Waals surface area contributed by atoms with Gasteiger partial charge in [-0.25, -0.2) is 4.98 Å². The Balaban J connectivity index is 1.33. The summed E-state index contributed by atoms with van der Waals surface area (Å²) in [5.74, 6) is 3.70. The number of thiazole rings is 1. The number of aromatic nitrogens is 4. The molecule has 1 aromatic carbocycles. The first-order valence-corrected chi connectivity index (χ1v) is 12.0. The van der Waals surface area contributed by atoms with Crippen molar-refractivity contribution in [3.8, 4) is 33.7 Å². The Morgan fingerprint density at radius 3 is 2.90 bits per heavy atom. The number of nitrogens with zero attached hydrogens (tertiary/aromatic N) is 4. The highest BCUT2D eigenvalue weighted by Gasteiger charge is 2.18. The van der Waals surface area contributed by atoms with Gasteiger partial charge < -0.3 is 13.9 Å². The largest absolute Gasteiger partial charge is 0.454 e. The van der Waals surface area contributed by atoms with Crippen LogP contribution in [-0.4, -0.2) is 26.5 Å². The lowest BCUT2D eigenvalue weighted by Gasteiger charge is -2.06. The molecule has 0 radical (unpaired) electrons. The zero-order chi connectivity index (χ0) is 20.5. The minimum absolute atomic E-state index is 0.272. The van der Waals surface area contributed by atoms with Gasteiger partial charge in [0.05, 0.1) is 5.69 Å². The third-order valence-electron chi connectivity index (χ3n) is 4.48. The van der Waals surface area contributed by atoms with Crippen molar-refractivity contribution in [1.82, 2.24) is 19.7 Å². The van der Waals surface area contributed by atoms with Gasteiger partial charge >= 0.3 is 0 Å². The molecule has 154 valence electrons. The van der Waals surface area contributed by atoms with Crippen LogP contribution in [0.2, 0.25) is 0 Å². The van der Waals surface area contributed by atoms with Crippen LogP contribution in [0, 0.1) is 0 Å². The van der Waals surface area contributed by atoms with E-state index in [1.807, 2.05) is 30.3 Å². The van der Waals surface area contributed by atoms with E-state index in [1.165, 1.54) is 0 Å². The lowest BCUT2D eigenvalue weighted by Crippen LogP contribution is -2.01. The summed E-state index contributed by atoms with van der Waals surface area (Å²) in [5, 5.41) is 12.6. The SMILES string of the molecule is CCCn1c(SCc2csc(-c3ccc4c(c3)OCO4)n2)nnc1-c1ccc(Br)o1. The van der Waals surface area contributed by atoms with Crippen LogP contribution in [0.4, 0.5) is 0 Å². The summed E-state index contributed by atoms with van der Waals surface area (Å²) in [6.45, 7) is 3.23. The Bertz CT molecular complexity index is 1190. The van der Waals surface area contributed by atoms with Gasteiger partial charge in [0.25, 0.3) is 0 Å². The van der Waals surface area contributed by atoms with E-state index >= 15 is 0 Å². The summed E-state index contributed by atoms with van der Waals surface area (Å²) in [6.07, 6.45) is 0.978. The van der Waals surface area contributed by atoms with Crippen LogP contribution in [-0.2, 0) is 12.3 Å². The molecule has 10 heteroatoms. The smallest absolute Gasteiger partial charge is 0.231 e.